The van der Waals surface area contributed by atoms with Crippen molar-refractivity contribution >= 4 is 40.4 Å². The van der Waals surface area contributed by atoms with Crippen LogP contribution in [0.2, 0.25) is 0 Å². The van der Waals surface area contributed by atoms with Crippen molar-refractivity contribution in [1.82, 2.24) is 35.1 Å². The van der Waals surface area contributed by atoms with Gasteiger partial charge in [0.2, 0.25) is 5.95 Å². The highest BCUT2D eigenvalue weighted by molar-refractivity contribution is 5.97. The van der Waals surface area contributed by atoms with Crippen molar-refractivity contribution in [3.05, 3.63) is 124 Å². The maximum atomic E-state index is 13.6. The number of likely N-dealkylation sites (tertiary alicyclic amines) is 1. The van der Waals surface area contributed by atoms with Crippen LogP contribution >= 0.6 is 0 Å². The molecular weight excluding hydrogens is 658 g/mol. The number of nitrogens with one attached hydrogen (secondary N) is 3. The molecule has 0 bridgehead atoms. The minimum absolute atomic E-state index is 0.0753. The molecule has 0 unspecified atom stereocenters. The molecule has 5 aromatic rings. The van der Waals surface area contributed by atoms with Gasteiger partial charge >= 0.3 is 0 Å². The van der Waals surface area contributed by atoms with E-state index in [2.05, 4.69) is 42.8 Å². The number of methoxy groups -OCH3 is 1. The van der Waals surface area contributed by atoms with Crippen LogP contribution in [0.15, 0.2) is 84.2 Å². The van der Waals surface area contributed by atoms with Crippen LogP contribution in [0.1, 0.15) is 44.7 Å². The Morgan fingerprint density at radius 3 is 2.59 bits per heavy atom. The van der Waals surface area contributed by atoms with Crippen molar-refractivity contribution in [2.45, 2.75) is 25.4 Å². The number of nitrogens with zero attached hydrogens (tertiary/aromatic N) is 5. The molecule has 2 amide bonds. The number of anilines is 2. The van der Waals surface area contributed by atoms with E-state index in [9.17, 15) is 23.2 Å². The maximum absolute atomic E-state index is 13.6. The second-order valence-corrected chi connectivity index (χ2v) is 12.2. The lowest BCUT2D eigenvalue weighted by molar-refractivity contribution is 0.0912. The van der Waals surface area contributed by atoms with Crippen LogP contribution in [-0.4, -0.2) is 76.1 Å². The van der Waals surface area contributed by atoms with E-state index in [-0.39, 0.29) is 30.6 Å². The van der Waals surface area contributed by atoms with Crippen molar-refractivity contribution in [2.75, 3.05) is 39.1 Å². The van der Waals surface area contributed by atoms with Crippen LogP contribution in [0.25, 0.3) is 17.0 Å². The summed E-state index contributed by atoms with van der Waals surface area (Å²) in [4.78, 5) is 53.8. The van der Waals surface area contributed by atoms with Gasteiger partial charge in [-0.15, -0.1) is 0 Å². The Bertz CT molecular complexity index is 2170. The van der Waals surface area contributed by atoms with Gasteiger partial charge in [0.15, 0.2) is 11.6 Å². The van der Waals surface area contributed by atoms with Gasteiger partial charge in [-0.05, 0) is 80.5 Å². The molecular formula is C37H36F2N8O4. The number of halogens is 2. The van der Waals surface area contributed by atoms with Crippen LogP contribution in [0.4, 0.5) is 20.4 Å². The minimum Gasteiger partial charge on any atom is -0.496 e. The lowest BCUT2D eigenvalue weighted by Gasteiger charge is -2.29. The molecule has 262 valence electrons. The third-order valence-electron chi connectivity index (χ3n) is 8.53. The molecule has 1 aliphatic rings. The number of carbonyl (C=O) groups excluding carboxylic acids is 2. The van der Waals surface area contributed by atoms with Gasteiger partial charge in [0.1, 0.15) is 11.3 Å². The average molecular weight is 695 g/mol. The van der Waals surface area contributed by atoms with Crippen LogP contribution in [-0.2, 0) is 6.54 Å². The molecule has 1 fully saturated rings. The molecule has 6 rings (SSSR count). The number of hydrogen-bond acceptors (Lipinski definition) is 9. The van der Waals surface area contributed by atoms with Crippen LogP contribution in [0.5, 0.6) is 5.75 Å². The molecule has 3 aromatic carbocycles. The Balaban J connectivity index is 1.04. The summed E-state index contributed by atoms with van der Waals surface area (Å²) < 4.78 is 33.5. The molecule has 0 radical (unpaired) electrons. The normalized spacial score (nSPS) is 13.7. The second-order valence-electron chi connectivity index (χ2n) is 12.2. The zero-order valence-corrected chi connectivity index (χ0v) is 28.0. The van der Waals surface area contributed by atoms with E-state index in [0.29, 0.717) is 34.0 Å². The van der Waals surface area contributed by atoms with Crippen molar-refractivity contribution in [3.8, 4) is 5.75 Å². The van der Waals surface area contributed by atoms with E-state index in [1.165, 1.54) is 19.5 Å². The zero-order chi connectivity index (χ0) is 35.9. The molecule has 14 heteroatoms. The van der Waals surface area contributed by atoms with Crippen molar-refractivity contribution in [1.29, 1.82) is 0 Å². The third-order valence-corrected chi connectivity index (χ3v) is 8.53. The predicted molar refractivity (Wildman–Crippen MR) is 189 cm³/mol. The topological polar surface area (TPSA) is 143 Å². The van der Waals surface area contributed by atoms with Gasteiger partial charge in [0.05, 0.1) is 31.1 Å². The summed E-state index contributed by atoms with van der Waals surface area (Å²) in [5.74, 6) is -1.99. The Morgan fingerprint density at radius 1 is 0.980 bits per heavy atom. The molecule has 51 heavy (non-hydrogen) atoms. The number of amides is 2. The van der Waals surface area contributed by atoms with E-state index in [1.54, 1.807) is 30.5 Å². The minimum atomic E-state index is -1.03. The van der Waals surface area contributed by atoms with Gasteiger partial charge in [-0.25, -0.2) is 23.7 Å². The van der Waals surface area contributed by atoms with E-state index >= 15 is 0 Å². The second kappa shape index (κ2) is 15.7. The number of benzene rings is 3. The molecule has 1 saturated heterocycles. The molecule has 12 nitrogen and oxygen atoms in total. The standard InChI is InChI=1S/C37H36F2N8O4/c1-46-14-11-26(12-15-46)43-35(49)28-8-7-27(18-33(28)51-2)44-37-42-19-25-16-23(6-10-32(25)45-37)4-3-13-41-34(48)29-20-40-22-47(36(29)50)21-24-5-9-30(38)31(39)17-24/h3-10,16-20,22,26H,11-15,21H2,1-2H3,(H,41,48)(H,43,49)(H,42,44,45). The fraction of sp³-hybridized carbons (Fsp3) is 0.243. The maximum Gasteiger partial charge on any atom is 0.266 e. The Hall–Kier alpha value is -6.02. The first-order valence-corrected chi connectivity index (χ1v) is 16.3. The first kappa shape index (κ1) is 34.8. The fourth-order valence-electron chi connectivity index (χ4n) is 5.71. The van der Waals surface area contributed by atoms with E-state index in [0.717, 1.165) is 59.8 Å². The van der Waals surface area contributed by atoms with Crippen molar-refractivity contribution in [2.24, 2.45) is 0 Å². The highest BCUT2D eigenvalue weighted by atomic mass is 19.2. The number of fused-ring (bicyclic) bond motifs is 1. The van der Waals surface area contributed by atoms with Gasteiger partial charge < -0.3 is 25.6 Å². The van der Waals surface area contributed by atoms with Crippen LogP contribution < -0.4 is 26.2 Å². The highest BCUT2D eigenvalue weighted by Crippen LogP contribution is 2.26. The van der Waals surface area contributed by atoms with Crippen molar-refractivity contribution < 1.29 is 23.1 Å². The highest BCUT2D eigenvalue weighted by Gasteiger charge is 2.21. The predicted octanol–water partition coefficient (Wildman–Crippen LogP) is 4.53. The first-order valence-electron chi connectivity index (χ1n) is 16.3. The summed E-state index contributed by atoms with van der Waals surface area (Å²) in [6, 6.07) is 14.3. The molecule has 0 atom stereocenters. The van der Waals surface area contributed by atoms with Gasteiger partial charge in [-0.3, -0.25) is 19.0 Å². The summed E-state index contributed by atoms with van der Waals surface area (Å²) >= 11 is 0. The van der Waals surface area contributed by atoms with Crippen molar-refractivity contribution in [3.63, 3.8) is 0 Å². The van der Waals surface area contributed by atoms with Gasteiger partial charge in [0.25, 0.3) is 17.4 Å². The molecule has 0 aliphatic carbocycles. The number of carbonyl (C=O) groups is 2. The summed E-state index contributed by atoms with van der Waals surface area (Å²) in [6.45, 7) is 1.95. The molecule has 3 heterocycles. The summed E-state index contributed by atoms with van der Waals surface area (Å²) in [5.41, 5.74) is 2.23. The quantitative estimate of drug-likeness (QED) is 0.182. The van der Waals surface area contributed by atoms with E-state index in [1.807, 2.05) is 24.3 Å². The third kappa shape index (κ3) is 8.59. The summed E-state index contributed by atoms with van der Waals surface area (Å²) in [6.07, 6.45) is 9.45. The van der Waals surface area contributed by atoms with Gasteiger partial charge in [0, 0.05) is 42.1 Å². The molecule has 1 aliphatic heterocycles. The lowest BCUT2D eigenvalue weighted by Crippen LogP contribution is -2.43. The molecule has 2 aromatic heterocycles. The van der Waals surface area contributed by atoms with Crippen LogP contribution in [0.3, 0.4) is 0 Å². The number of rotatable bonds is 11. The summed E-state index contributed by atoms with van der Waals surface area (Å²) in [5, 5.41) is 9.76. The van der Waals surface area contributed by atoms with Crippen LogP contribution in [0, 0.1) is 11.6 Å². The van der Waals surface area contributed by atoms with E-state index in [4.69, 9.17) is 4.74 Å². The SMILES string of the molecule is COc1cc(Nc2ncc3cc(C=CCNC(=O)c4cncn(Cc5ccc(F)c(F)c5)c4=O)ccc3n2)ccc1C(=O)NC1CCN(C)CC1. The summed E-state index contributed by atoms with van der Waals surface area (Å²) in [7, 11) is 3.61. The molecule has 0 spiro atoms. The largest absolute Gasteiger partial charge is 0.496 e. The first-order chi connectivity index (χ1) is 24.7. The van der Waals surface area contributed by atoms with Gasteiger partial charge in [-0.2, -0.15) is 0 Å². The lowest BCUT2D eigenvalue weighted by atomic mass is 10.0. The zero-order valence-electron chi connectivity index (χ0n) is 28.0. The number of hydrogen-bond donors (Lipinski definition) is 3. The number of aromatic nitrogens is 4. The Labute approximate surface area is 292 Å². The fourth-order valence-corrected chi connectivity index (χ4v) is 5.71. The average Bonchev–Trinajstić information content (AvgIpc) is 3.13. The smallest absolute Gasteiger partial charge is 0.266 e. The monoisotopic (exact) mass is 694 g/mol. The number of piperidine rings is 1. The molecule has 3 N–H and O–H groups in total. The van der Waals surface area contributed by atoms with E-state index < -0.39 is 23.1 Å². The Kier molecular flexibility index (Phi) is 10.7. The Morgan fingerprint density at radius 2 is 1.80 bits per heavy atom. The molecule has 0 saturated carbocycles. The number of ether oxygens (including phenoxy) is 1. The van der Waals surface area contributed by atoms with Gasteiger partial charge in [-0.1, -0.05) is 24.3 Å².